The summed E-state index contributed by atoms with van der Waals surface area (Å²) in [7, 11) is 0. The highest BCUT2D eigenvalue weighted by Crippen LogP contribution is 2.15. The van der Waals surface area contributed by atoms with Crippen molar-refractivity contribution in [3.63, 3.8) is 0 Å². The maximum Gasteiger partial charge on any atom is 0.115 e. The minimum atomic E-state index is 0.267. The van der Waals surface area contributed by atoms with E-state index in [0.717, 1.165) is 49.0 Å². The largest absolute Gasteiger partial charge is 0.508 e. The van der Waals surface area contributed by atoms with Crippen molar-refractivity contribution in [3.05, 3.63) is 71.3 Å². The summed E-state index contributed by atoms with van der Waals surface area (Å²) in [4.78, 5) is 1.54. The number of hydrazine groups is 1. The number of aromatic hydroxyl groups is 1. The second-order valence-electron chi connectivity index (χ2n) is 6.14. The lowest BCUT2D eigenvalue weighted by molar-refractivity contribution is -0.918. The van der Waals surface area contributed by atoms with E-state index in [-0.39, 0.29) is 5.75 Å². The molecule has 4 nitrogen and oxygen atoms in total. The van der Waals surface area contributed by atoms with Gasteiger partial charge in [-0.1, -0.05) is 36.4 Å². The molecule has 0 spiro atoms. The minimum Gasteiger partial charge on any atom is -0.508 e. The van der Waals surface area contributed by atoms with Gasteiger partial charge in [-0.3, -0.25) is 0 Å². The zero-order chi connectivity index (χ0) is 16.9. The molecule has 126 valence electrons. The summed E-state index contributed by atoms with van der Waals surface area (Å²) >= 11 is 6.25. The summed E-state index contributed by atoms with van der Waals surface area (Å²) in [5.74, 6) is 0.267. The Morgan fingerprint density at radius 2 is 1.79 bits per heavy atom. The Labute approximate surface area is 147 Å². The molecule has 0 saturated carbocycles. The number of nitrogens with zero attached hydrogens (tertiary/aromatic N) is 1. The number of nitrogens with one attached hydrogen (secondary N) is 2. The molecule has 1 aliphatic heterocycles. The van der Waals surface area contributed by atoms with Crippen LogP contribution in [0.15, 0.2) is 55.1 Å². The van der Waals surface area contributed by atoms with Gasteiger partial charge in [0.1, 0.15) is 12.3 Å². The number of hydrogen-bond donors (Lipinski definition) is 3. The van der Waals surface area contributed by atoms with E-state index in [9.17, 15) is 5.11 Å². The number of piperazine rings is 1. The van der Waals surface area contributed by atoms with Crippen molar-refractivity contribution in [1.29, 1.82) is 0 Å². The lowest BCUT2D eigenvalue weighted by Gasteiger charge is -2.33. The first kappa shape index (κ1) is 16.8. The van der Waals surface area contributed by atoms with E-state index < -0.39 is 0 Å². The third-order valence-electron chi connectivity index (χ3n) is 4.38. The number of phenols is 1. The molecule has 0 radical (unpaired) electrons. The van der Waals surface area contributed by atoms with E-state index in [1.807, 2.05) is 30.3 Å². The Bertz CT molecular complexity index is 694. The fourth-order valence-corrected chi connectivity index (χ4v) is 3.14. The molecule has 2 aromatic carbocycles. The monoisotopic (exact) mass is 344 g/mol. The summed E-state index contributed by atoms with van der Waals surface area (Å²) in [5.41, 5.74) is 6.42. The van der Waals surface area contributed by atoms with Crippen molar-refractivity contribution in [2.24, 2.45) is 0 Å². The van der Waals surface area contributed by atoms with Crippen molar-refractivity contribution in [1.82, 2.24) is 10.4 Å². The van der Waals surface area contributed by atoms with Crippen LogP contribution in [-0.4, -0.2) is 36.3 Å². The van der Waals surface area contributed by atoms with Gasteiger partial charge in [-0.15, -0.1) is 0 Å². The molecule has 5 heteroatoms. The van der Waals surface area contributed by atoms with Crippen LogP contribution in [0.1, 0.15) is 11.1 Å². The third-order valence-corrected chi connectivity index (χ3v) is 4.75. The van der Waals surface area contributed by atoms with Crippen molar-refractivity contribution < 1.29 is 10.0 Å². The molecule has 0 atom stereocenters. The lowest BCUT2D eigenvalue weighted by atomic mass is 10.2. The molecule has 24 heavy (non-hydrogen) atoms. The van der Waals surface area contributed by atoms with Crippen LogP contribution in [0.2, 0.25) is 5.02 Å². The number of hydrogen-bond acceptors (Lipinski definition) is 3. The van der Waals surface area contributed by atoms with E-state index in [4.69, 9.17) is 11.6 Å². The highest BCUT2D eigenvalue weighted by atomic mass is 35.5. The van der Waals surface area contributed by atoms with Crippen molar-refractivity contribution >= 4 is 17.3 Å². The molecule has 0 amide bonds. The standard InChI is InChI=1S/C19H22ClN3O/c1-15(16-6-8-18(24)9-7-16)21-23-12-10-22(11-13-23)14-17-4-2-3-5-19(17)20/h2-9,21,24H,1,10-14H2/p+1. The predicted molar refractivity (Wildman–Crippen MR) is 97.7 cm³/mol. The van der Waals surface area contributed by atoms with E-state index in [1.165, 1.54) is 10.5 Å². The van der Waals surface area contributed by atoms with Gasteiger partial charge in [-0.05, 0) is 35.9 Å². The van der Waals surface area contributed by atoms with Gasteiger partial charge in [0.15, 0.2) is 0 Å². The molecule has 0 bridgehead atoms. The van der Waals surface area contributed by atoms with Crippen molar-refractivity contribution in [2.45, 2.75) is 6.54 Å². The van der Waals surface area contributed by atoms with Crippen LogP contribution in [0, 0.1) is 0 Å². The Balaban J connectivity index is 1.49. The SMILES string of the molecule is C=C(NN1CC[NH+](Cc2ccccc2Cl)CC1)c1ccc(O)cc1. The first-order valence-corrected chi connectivity index (χ1v) is 8.56. The Kier molecular flexibility index (Phi) is 5.41. The number of phenolic OH excluding ortho intramolecular Hbond substituents is 1. The Hall–Kier alpha value is -2.01. The molecular formula is C19H23ClN3O+. The molecule has 1 heterocycles. The zero-order valence-electron chi connectivity index (χ0n) is 13.6. The van der Waals surface area contributed by atoms with Crippen LogP contribution in [0.25, 0.3) is 5.70 Å². The minimum absolute atomic E-state index is 0.267. The molecule has 2 aromatic rings. The molecule has 0 aromatic heterocycles. The molecule has 1 saturated heterocycles. The normalized spacial score (nSPS) is 16.0. The molecule has 0 unspecified atom stereocenters. The van der Waals surface area contributed by atoms with Crippen LogP contribution >= 0.6 is 11.6 Å². The summed E-state index contributed by atoms with van der Waals surface area (Å²) in [6, 6.07) is 15.1. The van der Waals surface area contributed by atoms with Gasteiger partial charge in [-0.2, -0.15) is 0 Å². The summed E-state index contributed by atoms with van der Waals surface area (Å²) in [5, 5.41) is 12.4. The van der Waals surface area contributed by atoms with Gasteiger partial charge in [0.2, 0.25) is 0 Å². The van der Waals surface area contributed by atoms with Crippen molar-refractivity contribution in [2.75, 3.05) is 26.2 Å². The average Bonchev–Trinajstić information content (AvgIpc) is 2.59. The Morgan fingerprint density at radius 3 is 2.46 bits per heavy atom. The predicted octanol–water partition coefficient (Wildman–Crippen LogP) is 1.92. The Morgan fingerprint density at radius 1 is 1.12 bits per heavy atom. The number of rotatable bonds is 5. The maximum atomic E-state index is 9.36. The van der Waals surface area contributed by atoms with Crippen LogP contribution in [0.3, 0.4) is 0 Å². The molecule has 1 aliphatic rings. The van der Waals surface area contributed by atoms with E-state index in [1.54, 1.807) is 12.1 Å². The van der Waals surface area contributed by atoms with E-state index >= 15 is 0 Å². The quantitative estimate of drug-likeness (QED) is 0.776. The second-order valence-corrected chi connectivity index (χ2v) is 6.55. The van der Waals surface area contributed by atoms with Crippen LogP contribution in [0.4, 0.5) is 0 Å². The maximum absolute atomic E-state index is 9.36. The smallest absolute Gasteiger partial charge is 0.115 e. The summed E-state index contributed by atoms with van der Waals surface area (Å²) in [6.45, 7) is 9.08. The molecule has 3 N–H and O–H groups in total. The molecule has 3 rings (SSSR count). The molecule has 0 aliphatic carbocycles. The van der Waals surface area contributed by atoms with E-state index in [2.05, 4.69) is 23.1 Å². The number of benzene rings is 2. The van der Waals surface area contributed by atoms with Gasteiger partial charge in [0.05, 0.1) is 26.2 Å². The average molecular weight is 345 g/mol. The second kappa shape index (κ2) is 7.71. The highest BCUT2D eigenvalue weighted by molar-refractivity contribution is 6.31. The summed E-state index contributed by atoms with van der Waals surface area (Å²) in [6.07, 6.45) is 0. The zero-order valence-corrected chi connectivity index (χ0v) is 14.4. The topological polar surface area (TPSA) is 39.9 Å². The first-order valence-electron chi connectivity index (χ1n) is 8.19. The van der Waals surface area contributed by atoms with Gasteiger partial charge in [0.25, 0.3) is 0 Å². The van der Waals surface area contributed by atoms with Gasteiger partial charge < -0.3 is 15.4 Å². The highest BCUT2D eigenvalue weighted by Gasteiger charge is 2.21. The fraction of sp³-hybridized carbons (Fsp3) is 0.263. The van der Waals surface area contributed by atoms with Crippen LogP contribution in [0.5, 0.6) is 5.75 Å². The van der Waals surface area contributed by atoms with Gasteiger partial charge in [0, 0.05) is 16.3 Å². The van der Waals surface area contributed by atoms with Crippen LogP contribution < -0.4 is 10.3 Å². The number of halogens is 1. The fourth-order valence-electron chi connectivity index (χ4n) is 2.94. The summed E-state index contributed by atoms with van der Waals surface area (Å²) < 4.78 is 0. The van der Waals surface area contributed by atoms with Gasteiger partial charge in [-0.25, -0.2) is 5.01 Å². The van der Waals surface area contributed by atoms with Crippen molar-refractivity contribution in [3.8, 4) is 5.75 Å². The third kappa shape index (κ3) is 4.29. The molecular weight excluding hydrogens is 322 g/mol. The van der Waals surface area contributed by atoms with Gasteiger partial charge >= 0.3 is 0 Å². The number of quaternary nitrogens is 1. The first-order chi connectivity index (χ1) is 11.6. The lowest BCUT2D eigenvalue weighted by Crippen LogP contribution is -3.13. The molecule has 1 fully saturated rings. The van der Waals surface area contributed by atoms with Crippen LogP contribution in [-0.2, 0) is 6.54 Å². The van der Waals surface area contributed by atoms with E-state index in [0.29, 0.717) is 0 Å².